The number of aromatic nitrogens is 2. The molecule has 0 aliphatic rings. The van der Waals surface area contributed by atoms with Gasteiger partial charge in [0, 0.05) is 6.42 Å². The first-order valence-corrected chi connectivity index (χ1v) is 6.65. The predicted molar refractivity (Wildman–Crippen MR) is 73.7 cm³/mol. The third kappa shape index (κ3) is 2.82. The smallest absolute Gasteiger partial charge is 0.147 e. The van der Waals surface area contributed by atoms with Gasteiger partial charge in [-0.2, -0.15) is 0 Å². The van der Waals surface area contributed by atoms with E-state index in [9.17, 15) is 4.39 Å². The summed E-state index contributed by atoms with van der Waals surface area (Å²) in [5, 5.41) is 0.410. The van der Waals surface area contributed by atoms with Gasteiger partial charge < -0.3 is 0 Å². The van der Waals surface area contributed by atoms with Crippen LogP contribution in [0.15, 0.2) is 22.7 Å². The van der Waals surface area contributed by atoms with E-state index in [-0.39, 0.29) is 11.4 Å². The van der Waals surface area contributed by atoms with Crippen molar-refractivity contribution < 1.29 is 4.39 Å². The molecule has 1 aromatic heterocycles. The number of hydrogen-bond acceptors (Lipinski definition) is 2. The summed E-state index contributed by atoms with van der Waals surface area (Å²) in [6.45, 7) is 1.80. The topological polar surface area (TPSA) is 25.8 Å². The Morgan fingerprint density at radius 2 is 2.00 bits per heavy atom. The Hall–Kier alpha value is -0.710. The molecule has 0 saturated heterocycles. The van der Waals surface area contributed by atoms with Gasteiger partial charge in [-0.1, -0.05) is 35.3 Å². The van der Waals surface area contributed by atoms with Crippen LogP contribution in [-0.2, 0) is 6.42 Å². The van der Waals surface area contributed by atoms with Gasteiger partial charge in [-0.15, -0.1) is 0 Å². The SMILES string of the molecule is Cc1nc(Cc2cccc(Cl)c2F)nc(Cl)c1Br. The lowest BCUT2D eigenvalue weighted by Crippen LogP contribution is -2.02. The molecule has 2 aromatic rings. The zero-order valence-corrected chi connectivity index (χ0v) is 12.4. The molecule has 0 unspecified atom stereocenters. The highest BCUT2D eigenvalue weighted by Crippen LogP contribution is 2.24. The predicted octanol–water partition coefficient (Wildman–Crippen LogP) is 4.58. The first kappa shape index (κ1) is 13.7. The minimum Gasteiger partial charge on any atom is -0.237 e. The molecule has 1 aromatic carbocycles. The molecule has 0 fully saturated rings. The molecule has 0 bridgehead atoms. The van der Waals surface area contributed by atoms with Crippen LogP contribution in [0, 0.1) is 12.7 Å². The van der Waals surface area contributed by atoms with Gasteiger partial charge in [0.15, 0.2) is 0 Å². The highest BCUT2D eigenvalue weighted by Gasteiger charge is 2.11. The summed E-state index contributed by atoms with van der Waals surface area (Å²) in [6.07, 6.45) is 0.250. The standard InChI is InChI=1S/C12H8BrCl2FN2/c1-6-10(13)12(15)18-9(17-6)5-7-3-2-4-8(14)11(7)16/h2-4H,5H2,1H3. The van der Waals surface area contributed by atoms with Crippen molar-refractivity contribution in [1.29, 1.82) is 0 Å². The fourth-order valence-electron chi connectivity index (χ4n) is 1.51. The second-order valence-corrected chi connectivity index (χ2v) is 5.28. The van der Waals surface area contributed by atoms with Gasteiger partial charge in [-0.3, -0.25) is 0 Å². The fraction of sp³-hybridized carbons (Fsp3) is 0.167. The van der Waals surface area contributed by atoms with Crippen molar-refractivity contribution >= 4 is 39.1 Å². The molecule has 2 rings (SSSR count). The van der Waals surface area contributed by atoms with Crippen LogP contribution in [0.2, 0.25) is 10.2 Å². The molecule has 0 spiro atoms. The van der Waals surface area contributed by atoms with Crippen LogP contribution in [0.25, 0.3) is 0 Å². The van der Waals surface area contributed by atoms with E-state index < -0.39 is 5.82 Å². The molecule has 0 saturated carbocycles. The van der Waals surface area contributed by atoms with Crippen LogP contribution < -0.4 is 0 Å². The maximum atomic E-state index is 13.7. The Morgan fingerprint density at radius 3 is 2.67 bits per heavy atom. The van der Waals surface area contributed by atoms with E-state index in [0.29, 0.717) is 26.7 Å². The summed E-state index contributed by atoms with van der Waals surface area (Å²) in [6, 6.07) is 4.84. The van der Waals surface area contributed by atoms with Gasteiger partial charge in [-0.05, 0) is 34.5 Å². The van der Waals surface area contributed by atoms with Crippen LogP contribution in [0.4, 0.5) is 4.39 Å². The molecule has 0 radical (unpaired) electrons. The van der Waals surface area contributed by atoms with Crippen LogP contribution in [-0.4, -0.2) is 9.97 Å². The van der Waals surface area contributed by atoms with Crippen LogP contribution >= 0.6 is 39.1 Å². The minimum atomic E-state index is -0.445. The summed E-state index contributed by atoms with van der Waals surface area (Å²) >= 11 is 14.9. The Labute approximate surface area is 122 Å². The summed E-state index contributed by atoms with van der Waals surface area (Å²) < 4.78 is 14.4. The Morgan fingerprint density at radius 1 is 1.28 bits per heavy atom. The maximum absolute atomic E-state index is 13.7. The molecule has 94 valence electrons. The van der Waals surface area contributed by atoms with Gasteiger partial charge >= 0.3 is 0 Å². The highest BCUT2D eigenvalue weighted by atomic mass is 79.9. The normalized spacial score (nSPS) is 10.7. The Bertz CT molecular complexity index is 582. The van der Waals surface area contributed by atoms with E-state index in [1.54, 1.807) is 19.1 Å². The van der Waals surface area contributed by atoms with E-state index in [0.717, 1.165) is 0 Å². The largest absolute Gasteiger partial charge is 0.237 e. The Balaban J connectivity index is 2.37. The third-order valence-corrected chi connectivity index (χ3v) is 4.15. The molecule has 0 aliphatic heterocycles. The lowest BCUT2D eigenvalue weighted by molar-refractivity contribution is 0.612. The molecule has 0 atom stereocenters. The lowest BCUT2D eigenvalue weighted by atomic mass is 10.1. The van der Waals surface area contributed by atoms with Gasteiger partial charge in [-0.25, -0.2) is 14.4 Å². The third-order valence-electron chi connectivity index (χ3n) is 2.40. The lowest BCUT2D eigenvalue weighted by Gasteiger charge is -2.06. The quantitative estimate of drug-likeness (QED) is 0.741. The van der Waals surface area contributed by atoms with Crippen molar-refractivity contribution in [3.05, 3.63) is 55.7 Å². The number of rotatable bonds is 2. The minimum absolute atomic E-state index is 0.0902. The summed E-state index contributed by atoms with van der Waals surface area (Å²) in [5.41, 5.74) is 1.16. The molecule has 0 amide bonds. The fourth-order valence-corrected chi connectivity index (χ4v) is 2.12. The molecule has 18 heavy (non-hydrogen) atoms. The van der Waals surface area contributed by atoms with Crippen molar-refractivity contribution in [2.75, 3.05) is 0 Å². The maximum Gasteiger partial charge on any atom is 0.147 e. The first-order valence-electron chi connectivity index (χ1n) is 5.10. The van der Waals surface area contributed by atoms with E-state index in [4.69, 9.17) is 23.2 Å². The van der Waals surface area contributed by atoms with Crippen molar-refractivity contribution in [2.24, 2.45) is 0 Å². The highest BCUT2D eigenvalue weighted by molar-refractivity contribution is 9.10. The van der Waals surface area contributed by atoms with Crippen molar-refractivity contribution in [3.63, 3.8) is 0 Å². The summed E-state index contributed by atoms with van der Waals surface area (Å²) in [4.78, 5) is 8.34. The number of halogens is 4. The average molecular weight is 350 g/mol. The number of nitrogens with zero attached hydrogens (tertiary/aromatic N) is 2. The summed E-state index contributed by atoms with van der Waals surface area (Å²) in [5.74, 6) is 0.0151. The average Bonchev–Trinajstić information content (AvgIpc) is 2.32. The van der Waals surface area contributed by atoms with Gasteiger partial charge in [0.2, 0.25) is 0 Å². The monoisotopic (exact) mass is 348 g/mol. The van der Waals surface area contributed by atoms with Crippen LogP contribution in [0.5, 0.6) is 0 Å². The molecule has 0 N–H and O–H groups in total. The summed E-state index contributed by atoms with van der Waals surface area (Å²) in [7, 11) is 0. The Kier molecular flexibility index (Phi) is 4.20. The van der Waals surface area contributed by atoms with Crippen molar-refractivity contribution in [2.45, 2.75) is 13.3 Å². The number of hydrogen-bond donors (Lipinski definition) is 0. The van der Waals surface area contributed by atoms with Gasteiger partial charge in [0.05, 0.1) is 15.2 Å². The van der Waals surface area contributed by atoms with Gasteiger partial charge in [0.1, 0.15) is 16.8 Å². The van der Waals surface area contributed by atoms with Crippen LogP contribution in [0.1, 0.15) is 17.1 Å². The number of benzene rings is 1. The second kappa shape index (κ2) is 5.51. The van der Waals surface area contributed by atoms with E-state index >= 15 is 0 Å². The van der Waals surface area contributed by atoms with E-state index in [1.807, 2.05) is 0 Å². The van der Waals surface area contributed by atoms with Crippen molar-refractivity contribution in [3.8, 4) is 0 Å². The van der Waals surface area contributed by atoms with Crippen LogP contribution in [0.3, 0.4) is 0 Å². The molecular formula is C12H8BrCl2FN2. The molecule has 0 aliphatic carbocycles. The van der Waals surface area contributed by atoms with Gasteiger partial charge in [0.25, 0.3) is 0 Å². The van der Waals surface area contributed by atoms with E-state index in [2.05, 4.69) is 25.9 Å². The van der Waals surface area contributed by atoms with E-state index in [1.165, 1.54) is 6.07 Å². The van der Waals surface area contributed by atoms with Crippen molar-refractivity contribution in [1.82, 2.24) is 9.97 Å². The second-order valence-electron chi connectivity index (χ2n) is 3.72. The first-order chi connectivity index (χ1) is 8.49. The molecule has 2 nitrogen and oxygen atoms in total. The molecular weight excluding hydrogens is 342 g/mol. The molecule has 6 heteroatoms. The zero-order valence-electron chi connectivity index (χ0n) is 9.35. The zero-order chi connectivity index (χ0) is 13.3. The molecule has 1 heterocycles. The number of aryl methyl sites for hydroxylation is 1.